The first-order chi connectivity index (χ1) is 12.0. The molecule has 1 aromatic carbocycles. The van der Waals surface area contributed by atoms with Crippen molar-refractivity contribution >= 4 is 23.2 Å². The summed E-state index contributed by atoms with van der Waals surface area (Å²) >= 11 is 1.44. The molecule has 6 nitrogen and oxygen atoms in total. The zero-order valence-corrected chi connectivity index (χ0v) is 14.8. The number of benzene rings is 1. The number of aryl methyl sites for hydroxylation is 1. The lowest BCUT2D eigenvalue weighted by Gasteiger charge is -2.20. The Balaban J connectivity index is 1.55. The lowest BCUT2D eigenvalue weighted by atomic mass is 10.2. The van der Waals surface area contributed by atoms with Gasteiger partial charge in [-0.15, -0.1) is 11.3 Å². The number of hydrogen-bond donors (Lipinski definition) is 1. The van der Waals surface area contributed by atoms with Gasteiger partial charge in [-0.2, -0.15) is 0 Å². The molecule has 0 aliphatic carbocycles. The van der Waals surface area contributed by atoms with Gasteiger partial charge in [0.15, 0.2) is 0 Å². The molecule has 1 N–H and O–H groups in total. The second-order valence-corrected chi connectivity index (χ2v) is 7.04. The van der Waals surface area contributed by atoms with Gasteiger partial charge in [-0.05, 0) is 31.9 Å². The van der Waals surface area contributed by atoms with E-state index in [0.29, 0.717) is 25.3 Å². The Hall–Kier alpha value is -2.41. The van der Waals surface area contributed by atoms with Crippen molar-refractivity contribution < 1.29 is 19.4 Å². The molecule has 1 aliphatic rings. The number of likely N-dealkylation sites (tertiary alicyclic amines) is 1. The fraction of sp³-hybridized carbons (Fsp3) is 0.389. The van der Waals surface area contributed by atoms with Gasteiger partial charge in [-0.25, -0.2) is 9.78 Å². The molecule has 1 fully saturated rings. The number of carbonyl (C=O) groups is 2. The van der Waals surface area contributed by atoms with E-state index in [2.05, 4.69) is 4.98 Å². The van der Waals surface area contributed by atoms with Crippen LogP contribution in [0, 0.1) is 6.92 Å². The van der Waals surface area contributed by atoms with Crippen LogP contribution in [0.15, 0.2) is 29.6 Å². The average molecular weight is 360 g/mol. The zero-order valence-electron chi connectivity index (χ0n) is 14.0. The van der Waals surface area contributed by atoms with Crippen LogP contribution in [0.1, 0.15) is 29.1 Å². The first kappa shape index (κ1) is 17.4. The molecule has 1 aliphatic heterocycles. The van der Waals surface area contributed by atoms with Gasteiger partial charge in [0.1, 0.15) is 23.4 Å². The first-order valence-corrected chi connectivity index (χ1v) is 9.06. The Bertz CT molecular complexity index is 757. The SMILES string of the molecule is Cc1ccc(OCc2nc(CC(=O)N3CCC[C@@H]3C(=O)O)cs2)cc1. The molecule has 1 aromatic heterocycles. The fourth-order valence-corrected chi connectivity index (χ4v) is 3.56. The summed E-state index contributed by atoms with van der Waals surface area (Å²) in [5.41, 5.74) is 1.83. The predicted octanol–water partition coefficient (Wildman–Crippen LogP) is 2.65. The normalized spacial score (nSPS) is 16.8. The first-order valence-electron chi connectivity index (χ1n) is 8.18. The van der Waals surface area contributed by atoms with Crippen molar-refractivity contribution in [3.63, 3.8) is 0 Å². The van der Waals surface area contributed by atoms with Gasteiger partial charge in [0.2, 0.25) is 5.91 Å². The summed E-state index contributed by atoms with van der Waals surface area (Å²) < 4.78 is 5.69. The van der Waals surface area contributed by atoms with Crippen molar-refractivity contribution in [2.75, 3.05) is 6.54 Å². The van der Waals surface area contributed by atoms with Crippen LogP contribution in [0.5, 0.6) is 5.75 Å². The number of aliphatic carboxylic acids is 1. The van der Waals surface area contributed by atoms with E-state index in [9.17, 15) is 14.7 Å². The molecule has 1 amide bonds. The molecular formula is C18H20N2O4S. The van der Waals surface area contributed by atoms with Crippen LogP contribution in [-0.2, 0) is 22.6 Å². The number of rotatable bonds is 6. The number of hydrogen-bond acceptors (Lipinski definition) is 5. The molecule has 1 saturated heterocycles. The molecular weight excluding hydrogens is 340 g/mol. The highest BCUT2D eigenvalue weighted by Gasteiger charge is 2.33. The monoisotopic (exact) mass is 360 g/mol. The second kappa shape index (κ2) is 7.65. The third kappa shape index (κ3) is 4.36. The van der Waals surface area contributed by atoms with E-state index in [1.165, 1.54) is 21.8 Å². The number of nitrogens with zero attached hydrogens (tertiary/aromatic N) is 2. The summed E-state index contributed by atoms with van der Waals surface area (Å²) in [7, 11) is 0. The maximum Gasteiger partial charge on any atom is 0.326 e. The van der Waals surface area contributed by atoms with E-state index in [1.54, 1.807) is 0 Å². The predicted molar refractivity (Wildman–Crippen MR) is 93.7 cm³/mol. The third-order valence-electron chi connectivity index (χ3n) is 4.17. The van der Waals surface area contributed by atoms with Crippen molar-refractivity contribution in [1.82, 2.24) is 9.88 Å². The fourth-order valence-electron chi connectivity index (χ4n) is 2.85. The minimum Gasteiger partial charge on any atom is -0.486 e. The van der Waals surface area contributed by atoms with Crippen molar-refractivity contribution in [2.45, 2.75) is 38.8 Å². The van der Waals surface area contributed by atoms with Gasteiger partial charge < -0.3 is 14.7 Å². The standard InChI is InChI=1S/C18H20N2O4S/c1-12-4-6-14(7-5-12)24-10-16-19-13(11-25-16)9-17(21)20-8-2-3-15(20)18(22)23/h4-7,11,15H,2-3,8-10H2,1H3,(H,22,23)/t15-/m1/s1. The Morgan fingerprint density at radius 2 is 2.12 bits per heavy atom. The summed E-state index contributed by atoms with van der Waals surface area (Å²) in [6.07, 6.45) is 1.38. The Morgan fingerprint density at radius 3 is 2.84 bits per heavy atom. The number of carboxylic acid groups (broad SMARTS) is 1. The molecule has 132 valence electrons. The van der Waals surface area contributed by atoms with Crippen LogP contribution in [0.4, 0.5) is 0 Å². The highest BCUT2D eigenvalue weighted by Crippen LogP contribution is 2.20. The van der Waals surface area contributed by atoms with Crippen LogP contribution in [0.3, 0.4) is 0 Å². The van der Waals surface area contributed by atoms with Crippen molar-refractivity contribution in [3.05, 3.63) is 45.9 Å². The number of amides is 1. The minimum atomic E-state index is -0.934. The molecule has 3 rings (SSSR count). The molecule has 0 saturated carbocycles. The van der Waals surface area contributed by atoms with Crippen LogP contribution >= 0.6 is 11.3 Å². The molecule has 2 aromatic rings. The number of carbonyl (C=O) groups excluding carboxylic acids is 1. The van der Waals surface area contributed by atoms with Gasteiger partial charge in [0.05, 0.1) is 12.1 Å². The van der Waals surface area contributed by atoms with Gasteiger partial charge in [-0.3, -0.25) is 4.79 Å². The number of carboxylic acids is 1. The van der Waals surface area contributed by atoms with Gasteiger partial charge in [-0.1, -0.05) is 17.7 Å². The largest absolute Gasteiger partial charge is 0.486 e. The summed E-state index contributed by atoms with van der Waals surface area (Å²) in [6.45, 7) is 2.87. The smallest absolute Gasteiger partial charge is 0.326 e. The summed E-state index contributed by atoms with van der Waals surface area (Å²) in [4.78, 5) is 29.4. The van der Waals surface area contributed by atoms with Crippen molar-refractivity contribution in [3.8, 4) is 5.75 Å². The molecule has 2 heterocycles. The van der Waals surface area contributed by atoms with E-state index < -0.39 is 12.0 Å². The zero-order chi connectivity index (χ0) is 17.8. The molecule has 1 atom stereocenters. The lowest BCUT2D eigenvalue weighted by molar-refractivity contribution is -0.148. The highest BCUT2D eigenvalue weighted by atomic mass is 32.1. The molecule has 0 unspecified atom stereocenters. The van der Waals surface area contributed by atoms with Crippen LogP contribution < -0.4 is 4.74 Å². The molecule has 0 spiro atoms. The number of thiazole rings is 1. The summed E-state index contributed by atoms with van der Waals surface area (Å²) in [5, 5.41) is 11.8. The van der Waals surface area contributed by atoms with Gasteiger partial charge in [0.25, 0.3) is 0 Å². The van der Waals surface area contributed by atoms with Crippen LogP contribution in [0.25, 0.3) is 0 Å². The molecule has 0 radical (unpaired) electrons. The quantitative estimate of drug-likeness (QED) is 0.857. The maximum absolute atomic E-state index is 12.3. The third-order valence-corrected chi connectivity index (χ3v) is 5.04. The maximum atomic E-state index is 12.3. The van der Waals surface area contributed by atoms with Gasteiger partial charge in [0, 0.05) is 11.9 Å². The lowest BCUT2D eigenvalue weighted by Crippen LogP contribution is -2.41. The van der Waals surface area contributed by atoms with E-state index in [0.717, 1.165) is 17.2 Å². The minimum absolute atomic E-state index is 0.130. The van der Waals surface area contributed by atoms with E-state index >= 15 is 0 Å². The van der Waals surface area contributed by atoms with Crippen LogP contribution in [-0.4, -0.2) is 39.5 Å². The molecule has 7 heteroatoms. The molecule has 25 heavy (non-hydrogen) atoms. The topological polar surface area (TPSA) is 79.7 Å². The van der Waals surface area contributed by atoms with Gasteiger partial charge >= 0.3 is 5.97 Å². The van der Waals surface area contributed by atoms with E-state index in [1.807, 2.05) is 36.6 Å². The Labute approximate surface area is 150 Å². The van der Waals surface area contributed by atoms with E-state index in [-0.39, 0.29) is 12.3 Å². The second-order valence-electron chi connectivity index (χ2n) is 6.09. The highest BCUT2D eigenvalue weighted by molar-refractivity contribution is 7.09. The number of ether oxygens (including phenoxy) is 1. The Kier molecular flexibility index (Phi) is 5.33. The van der Waals surface area contributed by atoms with E-state index in [4.69, 9.17) is 4.74 Å². The molecule has 0 bridgehead atoms. The average Bonchev–Trinajstić information content (AvgIpc) is 3.23. The summed E-state index contributed by atoms with van der Waals surface area (Å²) in [6, 6.07) is 7.09. The van der Waals surface area contributed by atoms with Crippen LogP contribution in [0.2, 0.25) is 0 Å². The summed E-state index contributed by atoms with van der Waals surface area (Å²) in [5.74, 6) is -0.336. The van der Waals surface area contributed by atoms with Crippen molar-refractivity contribution in [2.24, 2.45) is 0 Å². The Morgan fingerprint density at radius 1 is 1.36 bits per heavy atom. The van der Waals surface area contributed by atoms with Crippen molar-refractivity contribution in [1.29, 1.82) is 0 Å². The number of aromatic nitrogens is 1.